The monoisotopic (exact) mass is 344 g/mol. The zero-order valence-electron chi connectivity index (χ0n) is 14.9. The summed E-state index contributed by atoms with van der Waals surface area (Å²) in [6.45, 7) is 1.32. The van der Waals surface area contributed by atoms with Crippen molar-refractivity contribution in [3.05, 3.63) is 41.5 Å². The molecule has 1 aliphatic carbocycles. The van der Waals surface area contributed by atoms with E-state index in [-0.39, 0.29) is 11.8 Å². The lowest BCUT2D eigenvalue weighted by atomic mass is 9.98. The Kier molecular flexibility index (Phi) is 8.19. The zero-order chi connectivity index (χ0) is 17.9. The molecule has 5 nitrogen and oxygen atoms in total. The van der Waals surface area contributed by atoms with Crippen LogP contribution in [0.1, 0.15) is 54.4 Å². The van der Waals surface area contributed by atoms with Crippen LogP contribution in [-0.2, 0) is 9.53 Å². The van der Waals surface area contributed by atoms with Crippen molar-refractivity contribution >= 4 is 17.9 Å². The summed E-state index contributed by atoms with van der Waals surface area (Å²) in [7, 11) is 1.60. The van der Waals surface area contributed by atoms with E-state index >= 15 is 0 Å². The fourth-order valence-electron chi connectivity index (χ4n) is 2.89. The molecule has 1 aromatic rings. The Bertz CT molecular complexity index is 575. The first-order chi connectivity index (χ1) is 12.2. The van der Waals surface area contributed by atoms with Crippen molar-refractivity contribution in [1.82, 2.24) is 10.6 Å². The second-order valence-corrected chi connectivity index (χ2v) is 6.31. The molecule has 2 rings (SSSR count). The average molecular weight is 344 g/mol. The molecule has 0 bridgehead atoms. The number of ether oxygens (including phenoxy) is 1. The average Bonchev–Trinajstić information content (AvgIpc) is 2.66. The van der Waals surface area contributed by atoms with Gasteiger partial charge in [0.1, 0.15) is 0 Å². The fourth-order valence-corrected chi connectivity index (χ4v) is 2.89. The van der Waals surface area contributed by atoms with E-state index in [9.17, 15) is 9.59 Å². The van der Waals surface area contributed by atoms with Crippen LogP contribution in [-0.4, -0.2) is 38.1 Å². The molecule has 136 valence electrons. The van der Waals surface area contributed by atoms with Gasteiger partial charge in [0, 0.05) is 31.8 Å². The molecule has 0 aromatic heterocycles. The van der Waals surface area contributed by atoms with Gasteiger partial charge in [-0.25, -0.2) is 0 Å². The molecule has 5 heteroatoms. The Morgan fingerprint density at radius 3 is 2.56 bits per heavy atom. The summed E-state index contributed by atoms with van der Waals surface area (Å²) in [5.74, 6) is -0.239. The predicted octanol–water partition coefficient (Wildman–Crippen LogP) is 2.92. The highest BCUT2D eigenvalue weighted by molar-refractivity contribution is 5.94. The highest BCUT2D eigenvalue weighted by Crippen LogP contribution is 2.20. The molecule has 0 spiro atoms. The normalized spacial score (nSPS) is 15.2. The van der Waals surface area contributed by atoms with E-state index in [0.29, 0.717) is 24.8 Å². The molecule has 0 atom stereocenters. The lowest BCUT2D eigenvalue weighted by molar-refractivity contribution is -0.116. The second-order valence-electron chi connectivity index (χ2n) is 6.31. The minimum absolute atomic E-state index is 0.118. The number of carbonyl (C=O) groups excluding carboxylic acids is 2. The lowest BCUT2D eigenvalue weighted by Crippen LogP contribution is -2.24. The molecular formula is C20H28N2O3. The minimum Gasteiger partial charge on any atom is -0.378 e. The van der Waals surface area contributed by atoms with Crippen LogP contribution in [0.2, 0.25) is 0 Å². The van der Waals surface area contributed by atoms with Gasteiger partial charge in [0.05, 0.1) is 6.10 Å². The highest BCUT2D eigenvalue weighted by atomic mass is 16.5. The molecule has 2 amide bonds. The Hall–Kier alpha value is -2.14. The van der Waals surface area contributed by atoms with Gasteiger partial charge in [-0.15, -0.1) is 0 Å². The molecule has 0 aliphatic heterocycles. The summed E-state index contributed by atoms with van der Waals surface area (Å²) in [5.41, 5.74) is 1.48. The number of hydrogen-bond donors (Lipinski definition) is 2. The fraction of sp³-hybridized carbons (Fsp3) is 0.500. The van der Waals surface area contributed by atoms with Crippen molar-refractivity contribution in [1.29, 1.82) is 0 Å². The summed E-state index contributed by atoms with van der Waals surface area (Å²) in [5, 5.41) is 5.43. The Morgan fingerprint density at radius 1 is 1.16 bits per heavy atom. The van der Waals surface area contributed by atoms with E-state index < -0.39 is 0 Å². The van der Waals surface area contributed by atoms with Crippen LogP contribution in [0.3, 0.4) is 0 Å². The molecule has 0 heterocycles. The van der Waals surface area contributed by atoms with Gasteiger partial charge >= 0.3 is 0 Å². The summed E-state index contributed by atoms with van der Waals surface area (Å²) >= 11 is 0. The molecule has 1 saturated carbocycles. The van der Waals surface area contributed by atoms with Crippen molar-refractivity contribution in [2.45, 2.75) is 44.6 Å². The van der Waals surface area contributed by atoms with Crippen LogP contribution in [0.15, 0.2) is 30.3 Å². The van der Waals surface area contributed by atoms with Gasteiger partial charge in [-0.05, 0) is 43.0 Å². The number of nitrogens with one attached hydrogen (secondary N) is 2. The number of rotatable bonds is 8. The Balaban J connectivity index is 1.62. The van der Waals surface area contributed by atoms with Crippen molar-refractivity contribution < 1.29 is 14.3 Å². The molecule has 0 saturated heterocycles. The van der Waals surface area contributed by atoms with E-state index in [1.54, 1.807) is 25.3 Å². The highest BCUT2D eigenvalue weighted by Gasteiger charge is 2.12. The van der Waals surface area contributed by atoms with Crippen molar-refractivity contribution in [2.24, 2.45) is 0 Å². The van der Waals surface area contributed by atoms with E-state index in [2.05, 4.69) is 10.6 Å². The van der Waals surface area contributed by atoms with Crippen LogP contribution >= 0.6 is 0 Å². The quantitative estimate of drug-likeness (QED) is 0.563. The largest absolute Gasteiger partial charge is 0.378 e. The third kappa shape index (κ3) is 7.10. The summed E-state index contributed by atoms with van der Waals surface area (Å²) < 4.78 is 5.83. The van der Waals surface area contributed by atoms with E-state index in [0.717, 1.165) is 12.0 Å². The van der Waals surface area contributed by atoms with E-state index in [4.69, 9.17) is 4.74 Å². The topological polar surface area (TPSA) is 67.4 Å². The van der Waals surface area contributed by atoms with E-state index in [1.165, 1.54) is 38.2 Å². The van der Waals surface area contributed by atoms with Gasteiger partial charge in [-0.2, -0.15) is 0 Å². The third-order valence-electron chi connectivity index (χ3n) is 4.35. The SMILES string of the molecule is CNC(=O)c1ccc(/C=C/C(=O)NCCCOC2CCCCC2)cc1. The Morgan fingerprint density at radius 2 is 1.88 bits per heavy atom. The van der Waals surface area contributed by atoms with Gasteiger partial charge in [0.25, 0.3) is 5.91 Å². The van der Waals surface area contributed by atoms with Crippen molar-refractivity contribution in [3.8, 4) is 0 Å². The van der Waals surface area contributed by atoms with Crippen molar-refractivity contribution in [3.63, 3.8) is 0 Å². The molecule has 2 N–H and O–H groups in total. The van der Waals surface area contributed by atoms with Gasteiger partial charge in [0.2, 0.25) is 5.91 Å². The van der Waals surface area contributed by atoms with Crippen LogP contribution in [0.25, 0.3) is 6.08 Å². The van der Waals surface area contributed by atoms with Gasteiger partial charge < -0.3 is 15.4 Å². The lowest BCUT2D eigenvalue weighted by Gasteiger charge is -2.21. The summed E-state index contributed by atoms with van der Waals surface area (Å²) in [4.78, 5) is 23.3. The molecule has 0 unspecified atom stereocenters. The van der Waals surface area contributed by atoms with Gasteiger partial charge in [-0.1, -0.05) is 31.4 Å². The number of amides is 2. The van der Waals surface area contributed by atoms with Gasteiger partial charge in [-0.3, -0.25) is 9.59 Å². The smallest absolute Gasteiger partial charge is 0.251 e. The first-order valence-corrected chi connectivity index (χ1v) is 9.08. The maximum Gasteiger partial charge on any atom is 0.251 e. The number of hydrogen-bond acceptors (Lipinski definition) is 3. The first-order valence-electron chi connectivity index (χ1n) is 9.08. The van der Waals surface area contributed by atoms with Crippen LogP contribution in [0, 0.1) is 0 Å². The molecule has 1 fully saturated rings. The van der Waals surface area contributed by atoms with E-state index in [1.807, 2.05) is 12.1 Å². The maximum atomic E-state index is 11.8. The molecule has 1 aliphatic rings. The molecular weight excluding hydrogens is 316 g/mol. The molecule has 1 aromatic carbocycles. The zero-order valence-corrected chi connectivity index (χ0v) is 14.9. The number of benzene rings is 1. The molecule has 25 heavy (non-hydrogen) atoms. The van der Waals surface area contributed by atoms with Crippen LogP contribution in [0.5, 0.6) is 0 Å². The third-order valence-corrected chi connectivity index (χ3v) is 4.35. The Labute approximate surface area is 149 Å². The van der Waals surface area contributed by atoms with Gasteiger partial charge in [0.15, 0.2) is 0 Å². The first kappa shape index (κ1) is 19.2. The van der Waals surface area contributed by atoms with Crippen LogP contribution in [0.4, 0.5) is 0 Å². The van der Waals surface area contributed by atoms with Crippen LogP contribution < -0.4 is 10.6 Å². The number of carbonyl (C=O) groups is 2. The summed E-state index contributed by atoms with van der Waals surface area (Å²) in [6, 6.07) is 7.09. The standard InChI is InChI=1S/C20H28N2O3/c1-21-20(24)17-11-8-16(9-12-17)10-13-19(23)22-14-5-15-25-18-6-3-2-4-7-18/h8-13,18H,2-7,14-15H2,1H3,(H,21,24)(H,22,23)/b13-10+. The summed E-state index contributed by atoms with van der Waals surface area (Å²) in [6.07, 6.45) is 10.7. The second kappa shape index (κ2) is 10.7. The molecule has 0 radical (unpaired) electrons. The predicted molar refractivity (Wildman–Crippen MR) is 99.3 cm³/mol. The van der Waals surface area contributed by atoms with Crippen molar-refractivity contribution in [2.75, 3.05) is 20.2 Å². The minimum atomic E-state index is -0.122. The maximum absolute atomic E-state index is 11.8.